The fourth-order valence-corrected chi connectivity index (χ4v) is 6.46. The van der Waals surface area contributed by atoms with E-state index < -0.39 is 0 Å². The summed E-state index contributed by atoms with van der Waals surface area (Å²) in [5.74, 6) is 0.896. The van der Waals surface area contributed by atoms with Gasteiger partial charge >= 0.3 is 0 Å². The van der Waals surface area contributed by atoms with Crippen LogP contribution in [0.15, 0.2) is 108 Å². The lowest BCUT2D eigenvalue weighted by Crippen LogP contribution is -2.15. The Labute approximate surface area is 221 Å². The molecule has 0 radical (unpaired) electrons. The highest BCUT2D eigenvalue weighted by atomic mass is 16.3. The van der Waals surface area contributed by atoms with Crippen molar-refractivity contribution < 1.29 is 4.42 Å². The zero-order chi connectivity index (χ0) is 25.6. The lowest BCUT2D eigenvalue weighted by Gasteiger charge is -2.23. The summed E-state index contributed by atoms with van der Waals surface area (Å²) >= 11 is 0. The Bertz CT molecular complexity index is 2070. The Morgan fingerprint density at radius 2 is 1.42 bits per heavy atom. The SMILES string of the molecule is Cc1cc2c(cc1-n1c(-c3cccc4c3oc3ccccc34)nc3ccccc31)C(C)(C)c1ccccc1-2. The van der Waals surface area contributed by atoms with Gasteiger partial charge in [0.25, 0.3) is 0 Å². The highest BCUT2D eigenvalue weighted by molar-refractivity contribution is 6.09. The number of benzene rings is 5. The Morgan fingerprint density at radius 1 is 0.684 bits per heavy atom. The van der Waals surface area contributed by atoms with E-state index in [1.807, 2.05) is 12.1 Å². The van der Waals surface area contributed by atoms with Gasteiger partial charge in [-0.15, -0.1) is 0 Å². The van der Waals surface area contributed by atoms with Crippen LogP contribution in [0.5, 0.6) is 0 Å². The van der Waals surface area contributed by atoms with Crippen molar-refractivity contribution in [2.75, 3.05) is 0 Å². The lowest BCUT2D eigenvalue weighted by molar-refractivity contribution is 0.659. The van der Waals surface area contributed by atoms with Gasteiger partial charge in [0.1, 0.15) is 17.0 Å². The van der Waals surface area contributed by atoms with Crippen LogP contribution in [-0.2, 0) is 5.41 Å². The summed E-state index contributed by atoms with van der Waals surface area (Å²) in [5, 5.41) is 2.24. The molecular formula is C35H26N2O. The van der Waals surface area contributed by atoms with Crippen LogP contribution >= 0.6 is 0 Å². The Hall–Kier alpha value is -4.63. The maximum Gasteiger partial charge on any atom is 0.149 e. The Kier molecular flexibility index (Phi) is 4.21. The first kappa shape index (κ1) is 21.5. The van der Waals surface area contributed by atoms with Crippen LogP contribution < -0.4 is 0 Å². The molecule has 1 aliphatic rings. The molecule has 0 aliphatic heterocycles. The molecule has 0 saturated heterocycles. The molecule has 3 nitrogen and oxygen atoms in total. The molecule has 7 aromatic rings. The summed E-state index contributed by atoms with van der Waals surface area (Å²) in [6, 6.07) is 36.6. The van der Waals surface area contributed by atoms with Crippen molar-refractivity contribution in [3.63, 3.8) is 0 Å². The summed E-state index contributed by atoms with van der Waals surface area (Å²) in [7, 11) is 0. The van der Waals surface area contributed by atoms with Crippen LogP contribution in [-0.4, -0.2) is 9.55 Å². The highest BCUT2D eigenvalue weighted by Gasteiger charge is 2.36. The van der Waals surface area contributed by atoms with E-state index in [9.17, 15) is 0 Å². The molecule has 2 heterocycles. The van der Waals surface area contributed by atoms with Gasteiger partial charge in [-0.25, -0.2) is 4.98 Å². The van der Waals surface area contributed by atoms with Gasteiger partial charge in [-0.2, -0.15) is 0 Å². The maximum absolute atomic E-state index is 6.45. The zero-order valence-electron chi connectivity index (χ0n) is 21.6. The number of hydrogen-bond acceptors (Lipinski definition) is 2. The first-order valence-electron chi connectivity index (χ1n) is 13.2. The predicted molar refractivity (Wildman–Crippen MR) is 156 cm³/mol. The number of para-hydroxylation sites is 4. The fraction of sp³-hybridized carbons (Fsp3) is 0.114. The van der Waals surface area contributed by atoms with Crippen molar-refractivity contribution in [3.8, 4) is 28.2 Å². The smallest absolute Gasteiger partial charge is 0.149 e. The minimum Gasteiger partial charge on any atom is -0.455 e. The van der Waals surface area contributed by atoms with Gasteiger partial charge in [0, 0.05) is 16.2 Å². The Balaban J connectivity index is 1.45. The number of nitrogens with zero attached hydrogens (tertiary/aromatic N) is 2. The second-order valence-corrected chi connectivity index (χ2v) is 10.9. The second-order valence-electron chi connectivity index (χ2n) is 10.9. The summed E-state index contributed by atoms with van der Waals surface area (Å²) < 4.78 is 8.78. The van der Waals surface area contributed by atoms with E-state index in [1.54, 1.807) is 0 Å². The average molecular weight is 491 g/mol. The highest BCUT2D eigenvalue weighted by Crippen LogP contribution is 2.50. The van der Waals surface area contributed by atoms with E-state index in [0.717, 1.165) is 50.0 Å². The fourth-order valence-electron chi connectivity index (χ4n) is 6.46. The molecule has 1 aliphatic carbocycles. The summed E-state index contributed by atoms with van der Waals surface area (Å²) in [5.41, 5.74) is 12.5. The van der Waals surface area contributed by atoms with E-state index >= 15 is 0 Å². The largest absolute Gasteiger partial charge is 0.455 e. The normalized spacial score (nSPS) is 13.9. The molecular weight excluding hydrogens is 464 g/mol. The minimum atomic E-state index is -0.0797. The number of imidazole rings is 1. The number of fused-ring (bicyclic) bond motifs is 7. The first-order chi connectivity index (χ1) is 18.5. The molecule has 38 heavy (non-hydrogen) atoms. The van der Waals surface area contributed by atoms with Crippen molar-refractivity contribution in [1.29, 1.82) is 0 Å². The molecule has 0 N–H and O–H groups in total. The third-order valence-electron chi connectivity index (χ3n) is 8.35. The first-order valence-corrected chi connectivity index (χ1v) is 13.2. The number of furan rings is 1. The molecule has 2 aromatic heterocycles. The molecule has 5 aromatic carbocycles. The van der Waals surface area contributed by atoms with Crippen molar-refractivity contribution in [2.24, 2.45) is 0 Å². The van der Waals surface area contributed by atoms with Crippen molar-refractivity contribution in [1.82, 2.24) is 9.55 Å². The van der Waals surface area contributed by atoms with Gasteiger partial charge in [-0.05, 0) is 71.1 Å². The molecule has 8 rings (SSSR count). The summed E-state index contributed by atoms with van der Waals surface area (Å²) in [6.45, 7) is 6.88. The van der Waals surface area contributed by atoms with E-state index in [4.69, 9.17) is 9.40 Å². The standard InChI is InChI=1S/C35H26N2O/c1-21-19-26-22-11-4-6-15-27(22)35(2,3)28(26)20-31(21)37-30-17-8-7-16-29(30)36-34(37)25-14-10-13-24-23-12-5-9-18-32(23)38-33(24)25/h4-20H,1-3H3. The second kappa shape index (κ2) is 7.45. The molecule has 0 amide bonds. The van der Waals surface area contributed by atoms with Gasteiger partial charge in [0.05, 0.1) is 22.3 Å². The van der Waals surface area contributed by atoms with E-state index in [2.05, 4.69) is 116 Å². The number of aryl methyl sites for hydroxylation is 1. The molecule has 182 valence electrons. The van der Waals surface area contributed by atoms with E-state index in [1.165, 1.54) is 27.8 Å². The molecule has 0 spiro atoms. The minimum absolute atomic E-state index is 0.0797. The van der Waals surface area contributed by atoms with E-state index in [0.29, 0.717) is 0 Å². The summed E-state index contributed by atoms with van der Waals surface area (Å²) in [6.07, 6.45) is 0. The van der Waals surface area contributed by atoms with Crippen molar-refractivity contribution in [2.45, 2.75) is 26.2 Å². The van der Waals surface area contributed by atoms with Crippen LogP contribution in [0.4, 0.5) is 0 Å². The average Bonchev–Trinajstić information content (AvgIpc) is 3.57. The van der Waals surface area contributed by atoms with E-state index in [-0.39, 0.29) is 5.41 Å². The third kappa shape index (κ3) is 2.76. The third-order valence-corrected chi connectivity index (χ3v) is 8.35. The van der Waals surface area contributed by atoms with Gasteiger partial charge in [0.15, 0.2) is 0 Å². The van der Waals surface area contributed by atoms with Gasteiger partial charge in [-0.3, -0.25) is 4.57 Å². The van der Waals surface area contributed by atoms with Crippen LogP contribution in [0.2, 0.25) is 0 Å². The van der Waals surface area contributed by atoms with Gasteiger partial charge in [-0.1, -0.05) is 80.6 Å². The molecule has 0 fully saturated rings. The van der Waals surface area contributed by atoms with Crippen LogP contribution in [0.25, 0.3) is 61.2 Å². The maximum atomic E-state index is 6.45. The van der Waals surface area contributed by atoms with Crippen molar-refractivity contribution in [3.05, 3.63) is 120 Å². The van der Waals surface area contributed by atoms with Gasteiger partial charge < -0.3 is 4.42 Å². The topological polar surface area (TPSA) is 31.0 Å². The molecule has 0 bridgehead atoms. The lowest BCUT2D eigenvalue weighted by atomic mass is 9.82. The number of aromatic nitrogens is 2. The van der Waals surface area contributed by atoms with Crippen LogP contribution in [0.1, 0.15) is 30.5 Å². The molecule has 3 heteroatoms. The molecule has 0 saturated carbocycles. The van der Waals surface area contributed by atoms with Crippen LogP contribution in [0, 0.1) is 6.92 Å². The summed E-state index contributed by atoms with van der Waals surface area (Å²) in [4.78, 5) is 5.19. The number of rotatable bonds is 2. The van der Waals surface area contributed by atoms with Crippen LogP contribution in [0.3, 0.4) is 0 Å². The number of hydrogen-bond donors (Lipinski definition) is 0. The van der Waals surface area contributed by atoms with Crippen molar-refractivity contribution >= 4 is 33.0 Å². The van der Waals surface area contributed by atoms with Gasteiger partial charge in [0.2, 0.25) is 0 Å². The predicted octanol–water partition coefficient (Wildman–Crippen LogP) is 9.21. The quantitative estimate of drug-likeness (QED) is 0.242. The molecule has 0 atom stereocenters. The molecule has 0 unspecified atom stereocenters. The zero-order valence-corrected chi connectivity index (χ0v) is 21.6. The monoisotopic (exact) mass is 490 g/mol. The Morgan fingerprint density at radius 3 is 2.34 bits per heavy atom.